The minimum absolute atomic E-state index is 0.120. The molecule has 0 fully saturated rings. The van der Waals surface area contributed by atoms with Crippen LogP contribution in [0.5, 0.6) is 0 Å². The molecule has 0 aliphatic rings. The number of rotatable bonds is 2. The first-order valence-electron chi connectivity index (χ1n) is 3.99. The molecule has 1 amide bonds. The van der Waals surface area contributed by atoms with Gasteiger partial charge in [-0.05, 0) is 5.56 Å². The highest BCUT2D eigenvalue weighted by atomic mass is 35.5. The van der Waals surface area contributed by atoms with Crippen molar-refractivity contribution in [3.63, 3.8) is 0 Å². The van der Waals surface area contributed by atoms with E-state index in [0.717, 1.165) is 0 Å². The van der Waals surface area contributed by atoms with E-state index in [2.05, 4.69) is 0 Å². The van der Waals surface area contributed by atoms with Crippen LogP contribution in [-0.4, -0.2) is 16.5 Å². The number of amides is 1. The zero-order chi connectivity index (χ0) is 11.5. The minimum Gasteiger partial charge on any atom is -0.263 e. The van der Waals surface area contributed by atoms with Crippen molar-refractivity contribution in [1.82, 2.24) is 4.42 Å². The average Bonchev–Trinajstić information content (AvgIpc) is 2.16. The molecule has 0 atom stereocenters. The van der Waals surface area contributed by atoms with Crippen molar-refractivity contribution in [3.05, 3.63) is 35.9 Å². The highest BCUT2D eigenvalue weighted by Gasteiger charge is 2.42. The molecule has 1 aromatic rings. The summed E-state index contributed by atoms with van der Waals surface area (Å²) in [7, 11) is 0. The Labute approximate surface area is 89.4 Å². The average molecular weight is 238 g/mol. The lowest BCUT2D eigenvalue weighted by atomic mass is 10.2. The molecule has 0 aliphatic heterocycles. The van der Waals surface area contributed by atoms with Gasteiger partial charge in [0, 0.05) is 11.8 Å². The molecule has 6 heteroatoms. The SMILES string of the molecule is O=C(N(Cl)Cc1ccccc1)C(F)(F)F. The second kappa shape index (κ2) is 4.53. The molecule has 0 unspecified atom stereocenters. The second-order valence-electron chi connectivity index (χ2n) is 2.81. The summed E-state index contributed by atoms with van der Waals surface area (Å²) in [6.45, 7) is -0.277. The zero-order valence-electron chi connectivity index (χ0n) is 7.46. The van der Waals surface area contributed by atoms with Crippen LogP contribution >= 0.6 is 11.8 Å². The first-order valence-corrected chi connectivity index (χ1v) is 4.33. The maximum Gasteiger partial charge on any atom is 0.472 e. The van der Waals surface area contributed by atoms with Crippen LogP contribution in [0.3, 0.4) is 0 Å². The number of carbonyl (C=O) groups excluding carboxylic acids is 1. The number of carbonyl (C=O) groups is 1. The van der Waals surface area contributed by atoms with Gasteiger partial charge in [0.15, 0.2) is 0 Å². The summed E-state index contributed by atoms with van der Waals surface area (Å²) in [5.74, 6) is -2.06. The van der Waals surface area contributed by atoms with Gasteiger partial charge in [0.05, 0.1) is 6.54 Å². The number of hydrogen-bond donors (Lipinski definition) is 0. The van der Waals surface area contributed by atoms with E-state index in [9.17, 15) is 18.0 Å². The van der Waals surface area contributed by atoms with Crippen LogP contribution in [0.1, 0.15) is 5.56 Å². The molecule has 0 N–H and O–H groups in total. The van der Waals surface area contributed by atoms with Gasteiger partial charge < -0.3 is 0 Å². The third-order valence-corrected chi connectivity index (χ3v) is 1.90. The monoisotopic (exact) mass is 237 g/mol. The maximum atomic E-state index is 11.9. The Morgan fingerprint density at radius 2 is 1.80 bits per heavy atom. The molecule has 1 rings (SSSR count). The molecule has 0 aliphatic carbocycles. The molecule has 15 heavy (non-hydrogen) atoms. The fourth-order valence-electron chi connectivity index (χ4n) is 0.953. The molecule has 82 valence electrons. The highest BCUT2D eigenvalue weighted by molar-refractivity contribution is 6.21. The molecule has 1 aromatic carbocycles. The first-order chi connectivity index (χ1) is 6.91. The maximum absolute atomic E-state index is 11.9. The van der Waals surface area contributed by atoms with Gasteiger partial charge in [-0.25, -0.2) is 4.42 Å². The lowest BCUT2D eigenvalue weighted by molar-refractivity contribution is -0.180. The summed E-state index contributed by atoms with van der Waals surface area (Å²) in [6, 6.07) is 8.18. The first kappa shape index (κ1) is 11.8. The molecule has 0 spiro atoms. The largest absolute Gasteiger partial charge is 0.472 e. The molecule has 0 aromatic heterocycles. The number of nitrogens with zero attached hydrogens (tertiary/aromatic N) is 1. The van der Waals surface area contributed by atoms with Gasteiger partial charge in [-0.2, -0.15) is 13.2 Å². The summed E-state index contributed by atoms with van der Waals surface area (Å²) in [6.07, 6.45) is -4.93. The van der Waals surface area contributed by atoms with Crippen molar-refractivity contribution in [2.45, 2.75) is 12.7 Å². The van der Waals surface area contributed by atoms with Crippen LogP contribution in [0.15, 0.2) is 30.3 Å². The molecule has 0 saturated heterocycles. The van der Waals surface area contributed by atoms with Crippen LogP contribution in [-0.2, 0) is 11.3 Å². The molecule has 0 radical (unpaired) electrons. The Balaban J connectivity index is 2.65. The van der Waals surface area contributed by atoms with Gasteiger partial charge >= 0.3 is 12.1 Å². The Bertz CT molecular complexity index is 339. The molecule has 2 nitrogen and oxygen atoms in total. The van der Waals surface area contributed by atoms with Crippen molar-refractivity contribution < 1.29 is 18.0 Å². The fourth-order valence-corrected chi connectivity index (χ4v) is 1.19. The van der Waals surface area contributed by atoms with Crippen molar-refractivity contribution >= 4 is 17.7 Å². The van der Waals surface area contributed by atoms with E-state index < -0.39 is 12.1 Å². The summed E-state index contributed by atoms with van der Waals surface area (Å²) in [5.41, 5.74) is 0.533. The van der Waals surface area contributed by atoms with Crippen molar-refractivity contribution in [2.75, 3.05) is 0 Å². The zero-order valence-corrected chi connectivity index (χ0v) is 8.22. The molecule has 0 heterocycles. The van der Waals surface area contributed by atoms with Gasteiger partial charge in [0.1, 0.15) is 0 Å². The Hall–Kier alpha value is -1.23. The van der Waals surface area contributed by atoms with E-state index in [-0.39, 0.29) is 11.0 Å². The standard InChI is InChI=1S/C9H7ClF3NO/c10-14(8(15)9(11,12)13)6-7-4-2-1-3-5-7/h1-5H,6H2. The van der Waals surface area contributed by atoms with Gasteiger partial charge in [-0.15, -0.1) is 0 Å². The van der Waals surface area contributed by atoms with E-state index in [4.69, 9.17) is 11.8 Å². The topological polar surface area (TPSA) is 20.3 Å². The van der Waals surface area contributed by atoms with Gasteiger partial charge in [0.25, 0.3) is 0 Å². The predicted molar refractivity (Wildman–Crippen MR) is 48.9 cm³/mol. The van der Waals surface area contributed by atoms with Crippen molar-refractivity contribution in [2.24, 2.45) is 0 Å². The van der Waals surface area contributed by atoms with Gasteiger partial charge in [-0.3, -0.25) is 4.79 Å². The molecular weight excluding hydrogens is 231 g/mol. The number of hydrogen-bond acceptors (Lipinski definition) is 1. The summed E-state index contributed by atoms with van der Waals surface area (Å²) in [4.78, 5) is 10.6. The molecule has 0 saturated carbocycles. The number of alkyl halides is 3. The molecule has 0 bridgehead atoms. The fraction of sp³-hybridized carbons (Fsp3) is 0.222. The van der Waals surface area contributed by atoms with Crippen LogP contribution in [0, 0.1) is 0 Å². The Morgan fingerprint density at radius 1 is 1.27 bits per heavy atom. The lowest BCUT2D eigenvalue weighted by Gasteiger charge is -2.15. The lowest BCUT2D eigenvalue weighted by Crippen LogP contribution is -2.34. The van der Waals surface area contributed by atoms with E-state index in [1.54, 1.807) is 30.3 Å². The van der Waals surface area contributed by atoms with E-state index in [0.29, 0.717) is 5.56 Å². The Kier molecular flexibility index (Phi) is 3.57. The number of halogens is 4. The van der Waals surface area contributed by atoms with E-state index >= 15 is 0 Å². The van der Waals surface area contributed by atoms with Gasteiger partial charge in [-0.1, -0.05) is 30.3 Å². The van der Waals surface area contributed by atoms with Crippen molar-refractivity contribution in [3.8, 4) is 0 Å². The minimum atomic E-state index is -4.93. The highest BCUT2D eigenvalue weighted by Crippen LogP contribution is 2.21. The summed E-state index contributed by atoms with van der Waals surface area (Å²) < 4.78 is 35.9. The molecular formula is C9H7ClF3NO. The predicted octanol–water partition coefficient (Wildman–Crippen LogP) is 2.73. The van der Waals surface area contributed by atoms with Crippen LogP contribution < -0.4 is 0 Å². The third kappa shape index (κ3) is 3.43. The number of benzene rings is 1. The van der Waals surface area contributed by atoms with Crippen LogP contribution in [0.4, 0.5) is 13.2 Å². The smallest absolute Gasteiger partial charge is 0.263 e. The van der Waals surface area contributed by atoms with Crippen LogP contribution in [0.2, 0.25) is 0 Å². The third-order valence-electron chi connectivity index (χ3n) is 1.63. The summed E-state index contributed by atoms with van der Waals surface area (Å²) in [5, 5.41) is 0. The summed E-state index contributed by atoms with van der Waals surface area (Å²) >= 11 is 5.21. The van der Waals surface area contributed by atoms with Crippen LogP contribution in [0.25, 0.3) is 0 Å². The normalized spacial score (nSPS) is 11.2. The van der Waals surface area contributed by atoms with E-state index in [1.807, 2.05) is 0 Å². The van der Waals surface area contributed by atoms with Crippen molar-refractivity contribution in [1.29, 1.82) is 0 Å². The van der Waals surface area contributed by atoms with E-state index in [1.165, 1.54) is 0 Å². The second-order valence-corrected chi connectivity index (χ2v) is 3.22. The Morgan fingerprint density at radius 3 is 2.27 bits per heavy atom. The quantitative estimate of drug-likeness (QED) is 0.725. The van der Waals surface area contributed by atoms with Gasteiger partial charge in [0.2, 0.25) is 0 Å².